The van der Waals surface area contributed by atoms with Gasteiger partial charge in [0.15, 0.2) is 0 Å². The highest BCUT2D eigenvalue weighted by molar-refractivity contribution is 7.89. The number of aromatic nitrogens is 2. The molecule has 1 amide bonds. The first-order valence-electron chi connectivity index (χ1n) is 12.1. The smallest absolute Gasteiger partial charge is 0.243 e. The molecule has 36 heavy (non-hydrogen) atoms. The number of amides is 1. The van der Waals surface area contributed by atoms with Crippen molar-refractivity contribution < 1.29 is 13.2 Å². The van der Waals surface area contributed by atoms with Crippen LogP contribution in [0.15, 0.2) is 72.0 Å². The molecule has 2 aliphatic rings. The molecule has 1 saturated heterocycles. The summed E-state index contributed by atoms with van der Waals surface area (Å²) < 4.78 is 27.9. The molecule has 1 N–H and O–H groups in total. The fourth-order valence-electron chi connectivity index (χ4n) is 5.12. The maximum Gasteiger partial charge on any atom is 0.243 e. The van der Waals surface area contributed by atoms with E-state index < -0.39 is 15.4 Å². The maximum atomic E-state index is 13.4. The zero-order chi connectivity index (χ0) is 25.2. The number of nitrogens with zero attached hydrogens (tertiary/aromatic N) is 4. The van der Waals surface area contributed by atoms with Crippen molar-refractivity contribution >= 4 is 39.0 Å². The Morgan fingerprint density at radius 1 is 0.917 bits per heavy atom. The second kappa shape index (κ2) is 10.2. The first-order valence-corrected chi connectivity index (χ1v) is 13.9. The summed E-state index contributed by atoms with van der Waals surface area (Å²) in [5.41, 5.74) is 0.936. The Labute approximate surface area is 216 Å². The average molecular weight is 526 g/mol. The number of anilines is 2. The lowest BCUT2D eigenvalue weighted by Gasteiger charge is -2.34. The van der Waals surface area contributed by atoms with Crippen LogP contribution in [0.1, 0.15) is 31.2 Å². The number of carbonyl (C=O) groups excluding carboxylic acids is 1. The lowest BCUT2D eigenvalue weighted by Crippen LogP contribution is -2.48. The van der Waals surface area contributed by atoms with Crippen LogP contribution < -0.4 is 10.2 Å². The Kier molecular flexibility index (Phi) is 6.96. The first kappa shape index (κ1) is 24.7. The molecule has 1 aliphatic heterocycles. The highest BCUT2D eigenvalue weighted by Gasteiger charge is 2.42. The van der Waals surface area contributed by atoms with Crippen LogP contribution in [0.3, 0.4) is 0 Å². The topological polar surface area (TPSA) is 95.5 Å². The third-order valence-electron chi connectivity index (χ3n) is 7.15. The van der Waals surface area contributed by atoms with E-state index in [9.17, 15) is 13.2 Å². The molecule has 10 heteroatoms. The molecule has 1 aromatic heterocycles. The highest BCUT2D eigenvalue weighted by Crippen LogP contribution is 2.42. The summed E-state index contributed by atoms with van der Waals surface area (Å²) in [4.78, 5) is 24.0. The molecule has 1 aliphatic carbocycles. The number of rotatable bonds is 6. The van der Waals surface area contributed by atoms with Crippen molar-refractivity contribution in [1.29, 1.82) is 0 Å². The summed E-state index contributed by atoms with van der Waals surface area (Å²) in [5.74, 6) is 0.673. The molecular formula is C26H28ClN5O3S. The van der Waals surface area contributed by atoms with Crippen LogP contribution >= 0.6 is 11.6 Å². The number of carbonyl (C=O) groups is 1. The number of halogens is 1. The van der Waals surface area contributed by atoms with Crippen LogP contribution in [0, 0.1) is 0 Å². The van der Waals surface area contributed by atoms with Gasteiger partial charge in [-0.3, -0.25) is 9.78 Å². The van der Waals surface area contributed by atoms with E-state index in [-0.39, 0.29) is 10.8 Å². The van der Waals surface area contributed by atoms with E-state index >= 15 is 0 Å². The van der Waals surface area contributed by atoms with Crippen molar-refractivity contribution in [3.8, 4) is 0 Å². The molecule has 0 bridgehead atoms. The molecule has 0 spiro atoms. The number of hydrogen-bond donors (Lipinski definition) is 1. The molecule has 3 aromatic rings. The quantitative estimate of drug-likeness (QED) is 0.521. The SMILES string of the molecule is O=C(Nc1ccc(S(=O)(=O)N2CCN(c3cnccn3)CC2)cc1)C1(c2ccc(Cl)cc2)CCCC1. The number of nitrogens with one attached hydrogen (secondary N) is 1. The molecule has 8 nitrogen and oxygen atoms in total. The third-order valence-corrected chi connectivity index (χ3v) is 9.32. The Bertz CT molecular complexity index is 1300. The van der Waals surface area contributed by atoms with E-state index in [0.717, 1.165) is 37.1 Å². The molecule has 5 rings (SSSR count). The zero-order valence-corrected chi connectivity index (χ0v) is 21.4. The van der Waals surface area contributed by atoms with Crippen molar-refractivity contribution in [2.24, 2.45) is 0 Å². The van der Waals surface area contributed by atoms with E-state index in [1.165, 1.54) is 4.31 Å². The summed E-state index contributed by atoms with van der Waals surface area (Å²) >= 11 is 6.06. The Morgan fingerprint density at radius 2 is 1.58 bits per heavy atom. The predicted molar refractivity (Wildman–Crippen MR) is 140 cm³/mol. The van der Waals surface area contributed by atoms with Gasteiger partial charge < -0.3 is 10.2 Å². The number of piperazine rings is 1. The van der Waals surface area contributed by atoms with Crippen molar-refractivity contribution in [3.05, 3.63) is 77.7 Å². The minimum atomic E-state index is -3.64. The van der Waals surface area contributed by atoms with Gasteiger partial charge in [0.25, 0.3) is 0 Å². The van der Waals surface area contributed by atoms with Crippen LogP contribution in [-0.4, -0.2) is 54.8 Å². The molecule has 1 saturated carbocycles. The van der Waals surface area contributed by atoms with Gasteiger partial charge in [-0.15, -0.1) is 0 Å². The third kappa shape index (κ3) is 4.83. The molecule has 0 atom stereocenters. The second-order valence-corrected chi connectivity index (χ2v) is 11.6. The van der Waals surface area contributed by atoms with Gasteiger partial charge in [-0.1, -0.05) is 36.6 Å². The van der Waals surface area contributed by atoms with Gasteiger partial charge in [-0.25, -0.2) is 13.4 Å². The number of sulfonamides is 1. The van der Waals surface area contributed by atoms with Gasteiger partial charge in [0.2, 0.25) is 15.9 Å². The molecule has 0 radical (unpaired) electrons. The van der Waals surface area contributed by atoms with Crippen LogP contribution in [0.25, 0.3) is 0 Å². The molecule has 2 heterocycles. The standard InChI is InChI=1S/C26H28ClN5O3S/c27-21-5-3-20(4-6-21)26(11-1-2-12-26)25(33)30-22-7-9-23(10-8-22)36(34,35)32-17-15-31(16-18-32)24-19-28-13-14-29-24/h3-10,13-14,19H,1-2,11-12,15-18H2,(H,30,33). The largest absolute Gasteiger partial charge is 0.353 e. The number of hydrogen-bond acceptors (Lipinski definition) is 6. The summed E-state index contributed by atoms with van der Waals surface area (Å²) in [6.07, 6.45) is 8.43. The molecule has 2 fully saturated rings. The highest BCUT2D eigenvalue weighted by atomic mass is 35.5. The molecule has 188 valence electrons. The minimum absolute atomic E-state index is 0.0712. The van der Waals surface area contributed by atoms with E-state index in [1.54, 1.807) is 42.9 Å². The first-order chi connectivity index (χ1) is 17.4. The lowest BCUT2D eigenvalue weighted by atomic mass is 9.78. The summed E-state index contributed by atoms with van der Waals surface area (Å²) in [6.45, 7) is 1.81. The predicted octanol–water partition coefficient (Wildman–Crippen LogP) is 4.09. The number of benzene rings is 2. The Morgan fingerprint density at radius 3 is 2.19 bits per heavy atom. The van der Waals surface area contributed by atoms with E-state index in [4.69, 9.17) is 11.6 Å². The molecular weight excluding hydrogens is 498 g/mol. The van der Waals surface area contributed by atoms with Gasteiger partial charge in [0.1, 0.15) is 5.82 Å². The van der Waals surface area contributed by atoms with Crippen molar-refractivity contribution in [2.45, 2.75) is 36.0 Å². The van der Waals surface area contributed by atoms with Gasteiger partial charge >= 0.3 is 0 Å². The zero-order valence-electron chi connectivity index (χ0n) is 19.8. The second-order valence-electron chi connectivity index (χ2n) is 9.23. The fraction of sp³-hybridized carbons (Fsp3) is 0.346. The lowest BCUT2D eigenvalue weighted by molar-refractivity contribution is -0.121. The maximum absolute atomic E-state index is 13.4. The molecule has 2 aromatic carbocycles. The average Bonchev–Trinajstić information content (AvgIpc) is 3.41. The van der Waals surface area contributed by atoms with E-state index in [2.05, 4.69) is 15.3 Å². The monoisotopic (exact) mass is 525 g/mol. The summed E-state index contributed by atoms with van der Waals surface area (Å²) in [6, 6.07) is 13.9. The minimum Gasteiger partial charge on any atom is -0.353 e. The van der Waals surface area contributed by atoms with Crippen LogP contribution in [0.4, 0.5) is 11.5 Å². The Hall–Kier alpha value is -3.01. The summed E-state index contributed by atoms with van der Waals surface area (Å²) in [5, 5.41) is 3.66. The van der Waals surface area contributed by atoms with Gasteiger partial charge in [0, 0.05) is 49.3 Å². The fourth-order valence-corrected chi connectivity index (χ4v) is 6.66. The Balaban J connectivity index is 1.26. The van der Waals surface area contributed by atoms with E-state index in [0.29, 0.717) is 36.9 Å². The van der Waals surface area contributed by atoms with Gasteiger partial charge in [-0.05, 0) is 54.8 Å². The van der Waals surface area contributed by atoms with Crippen molar-refractivity contribution in [3.63, 3.8) is 0 Å². The summed E-state index contributed by atoms with van der Waals surface area (Å²) in [7, 11) is -3.64. The van der Waals surface area contributed by atoms with Crippen LogP contribution in [-0.2, 0) is 20.2 Å². The normalized spacial score (nSPS) is 18.2. The van der Waals surface area contributed by atoms with Crippen LogP contribution in [0.5, 0.6) is 0 Å². The van der Waals surface area contributed by atoms with E-state index in [1.807, 2.05) is 29.2 Å². The van der Waals surface area contributed by atoms with Crippen molar-refractivity contribution in [1.82, 2.24) is 14.3 Å². The van der Waals surface area contributed by atoms with Crippen molar-refractivity contribution in [2.75, 3.05) is 36.4 Å². The van der Waals surface area contributed by atoms with Gasteiger partial charge in [-0.2, -0.15) is 4.31 Å². The van der Waals surface area contributed by atoms with Gasteiger partial charge in [0.05, 0.1) is 16.5 Å². The molecule has 0 unspecified atom stereocenters. The van der Waals surface area contributed by atoms with Crippen LogP contribution in [0.2, 0.25) is 5.02 Å².